The van der Waals surface area contributed by atoms with E-state index in [1.54, 1.807) is 62.3 Å². The molecule has 0 aliphatic carbocycles. The molecule has 0 aromatic carbocycles. The lowest BCUT2D eigenvalue weighted by molar-refractivity contribution is -0.155. The molecular formula is C22H41NO6. The van der Waals surface area contributed by atoms with Crippen molar-refractivity contribution in [1.82, 2.24) is 0 Å². The fraction of sp³-hybridized carbons (Fsp3) is 0.864. The number of esters is 3. The van der Waals surface area contributed by atoms with Gasteiger partial charge in [-0.2, -0.15) is 0 Å². The van der Waals surface area contributed by atoms with E-state index in [0.717, 1.165) is 0 Å². The quantitative estimate of drug-likeness (QED) is 0.449. The summed E-state index contributed by atoms with van der Waals surface area (Å²) in [5, 5.41) is 0. The van der Waals surface area contributed by atoms with E-state index < -0.39 is 28.8 Å². The highest BCUT2D eigenvalue weighted by Gasteiger charge is 2.27. The van der Waals surface area contributed by atoms with Gasteiger partial charge in [-0.1, -0.05) is 0 Å². The minimum atomic E-state index is -0.598. The maximum atomic E-state index is 12.1. The first-order valence-corrected chi connectivity index (χ1v) is 10.3. The van der Waals surface area contributed by atoms with Gasteiger partial charge in [-0.25, -0.2) is 0 Å². The Labute approximate surface area is 176 Å². The van der Waals surface area contributed by atoms with Gasteiger partial charge in [0, 0.05) is 18.9 Å². The lowest BCUT2D eigenvalue weighted by Crippen LogP contribution is -2.36. The highest BCUT2D eigenvalue weighted by molar-refractivity contribution is 5.71. The monoisotopic (exact) mass is 415 g/mol. The van der Waals surface area contributed by atoms with E-state index in [2.05, 4.69) is 0 Å². The molecule has 0 saturated heterocycles. The molecule has 0 aliphatic rings. The Morgan fingerprint density at radius 2 is 0.966 bits per heavy atom. The third-order valence-corrected chi connectivity index (χ3v) is 3.71. The number of rotatable bonds is 9. The summed E-state index contributed by atoms with van der Waals surface area (Å²) in [5.41, 5.74) is 4.53. The minimum absolute atomic E-state index is 0.0184. The molecule has 0 fully saturated rings. The molecule has 0 bridgehead atoms. The summed E-state index contributed by atoms with van der Waals surface area (Å²) < 4.78 is 16.0. The molecule has 170 valence electrons. The van der Waals surface area contributed by atoms with E-state index in [9.17, 15) is 14.4 Å². The van der Waals surface area contributed by atoms with Crippen LogP contribution in [0.3, 0.4) is 0 Å². The number of carbonyl (C=O) groups is 3. The summed E-state index contributed by atoms with van der Waals surface area (Å²) in [6.45, 7) is 16.2. The van der Waals surface area contributed by atoms with Crippen molar-refractivity contribution >= 4 is 17.9 Å². The molecule has 7 heteroatoms. The van der Waals surface area contributed by atoms with Gasteiger partial charge in [-0.3, -0.25) is 14.4 Å². The molecule has 0 aromatic rings. The largest absolute Gasteiger partial charge is 0.460 e. The highest BCUT2D eigenvalue weighted by atomic mass is 16.6. The van der Waals surface area contributed by atoms with Crippen LogP contribution >= 0.6 is 0 Å². The molecule has 7 nitrogen and oxygen atoms in total. The molecule has 0 saturated carbocycles. The van der Waals surface area contributed by atoms with Gasteiger partial charge in [0.05, 0.1) is 6.42 Å². The van der Waals surface area contributed by atoms with Crippen LogP contribution in [0.1, 0.15) is 94.4 Å². The van der Waals surface area contributed by atoms with Crippen molar-refractivity contribution < 1.29 is 28.6 Å². The topological polar surface area (TPSA) is 105 Å². The van der Waals surface area contributed by atoms with E-state index in [0.29, 0.717) is 12.8 Å². The van der Waals surface area contributed by atoms with Gasteiger partial charge in [0.1, 0.15) is 16.8 Å². The molecule has 0 amide bonds. The van der Waals surface area contributed by atoms with Crippen molar-refractivity contribution in [3.63, 3.8) is 0 Å². The average Bonchev–Trinajstić information content (AvgIpc) is 2.40. The van der Waals surface area contributed by atoms with Crippen LogP contribution in [0.2, 0.25) is 0 Å². The van der Waals surface area contributed by atoms with Crippen molar-refractivity contribution in [2.45, 2.75) is 117 Å². The van der Waals surface area contributed by atoms with E-state index in [-0.39, 0.29) is 37.1 Å². The third kappa shape index (κ3) is 15.9. The van der Waals surface area contributed by atoms with Crippen molar-refractivity contribution in [1.29, 1.82) is 0 Å². The van der Waals surface area contributed by atoms with E-state index >= 15 is 0 Å². The predicted molar refractivity (Wildman–Crippen MR) is 112 cm³/mol. The summed E-state index contributed by atoms with van der Waals surface area (Å²) in [5.74, 6) is -1.28. The summed E-state index contributed by atoms with van der Waals surface area (Å²) in [6.07, 6.45) is 1.18. The van der Waals surface area contributed by atoms with Gasteiger partial charge in [-0.15, -0.1) is 0 Å². The minimum Gasteiger partial charge on any atom is -0.460 e. The van der Waals surface area contributed by atoms with Gasteiger partial charge in [0.15, 0.2) is 0 Å². The molecule has 29 heavy (non-hydrogen) atoms. The first kappa shape index (κ1) is 27.4. The normalized spacial score (nSPS) is 13.8. The van der Waals surface area contributed by atoms with Crippen LogP contribution in [0.4, 0.5) is 0 Å². The van der Waals surface area contributed by atoms with Gasteiger partial charge in [0.25, 0.3) is 0 Å². The van der Waals surface area contributed by atoms with E-state index in [1.165, 1.54) is 0 Å². The third-order valence-electron chi connectivity index (χ3n) is 3.71. The van der Waals surface area contributed by atoms with Crippen LogP contribution in [-0.4, -0.2) is 40.8 Å². The fourth-order valence-electron chi connectivity index (χ4n) is 2.71. The molecule has 1 atom stereocenters. The summed E-state index contributed by atoms with van der Waals surface area (Å²) in [4.78, 5) is 36.3. The smallest absolute Gasteiger partial charge is 0.307 e. The SMILES string of the molecule is CC(C)(C)OC(=O)CCC(CCC(=O)OC(C)(C)C)C(N)CC(=O)OC(C)(C)C. The molecule has 0 aromatic heterocycles. The average molecular weight is 416 g/mol. The summed E-state index contributed by atoms with van der Waals surface area (Å²) >= 11 is 0. The van der Waals surface area contributed by atoms with Gasteiger partial charge < -0.3 is 19.9 Å². The summed E-state index contributed by atoms with van der Waals surface area (Å²) in [6, 6.07) is -0.533. The number of nitrogens with two attached hydrogens (primary N) is 1. The number of carbonyl (C=O) groups excluding carboxylic acids is 3. The molecular weight excluding hydrogens is 374 g/mol. The second kappa shape index (κ2) is 11.0. The van der Waals surface area contributed by atoms with Crippen molar-refractivity contribution in [3.05, 3.63) is 0 Å². The first-order valence-electron chi connectivity index (χ1n) is 10.3. The van der Waals surface area contributed by atoms with Crippen LogP contribution in [0.5, 0.6) is 0 Å². The first-order chi connectivity index (χ1) is 12.9. The van der Waals surface area contributed by atoms with Crippen molar-refractivity contribution in [2.75, 3.05) is 0 Å². The molecule has 2 N–H and O–H groups in total. The van der Waals surface area contributed by atoms with Crippen LogP contribution in [0.15, 0.2) is 0 Å². The number of hydrogen-bond acceptors (Lipinski definition) is 7. The lowest BCUT2D eigenvalue weighted by atomic mass is 9.88. The highest BCUT2D eigenvalue weighted by Crippen LogP contribution is 2.23. The molecule has 0 rings (SSSR count). The van der Waals surface area contributed by atoms with Crippen molar-refractivity contribution in [3.8, 4) is 0 Å². The Kier molecular flexibility index (Phi) is 10.3. The maximum Gasteiger partial charge on any atom is 0.307 e. The molecule has 0 heterocycles. The zero-order valence-electron chi connectivity index (χ0n) is 19.7. The number of hydrogen-bond donors (Lipinski definition) is 1. The second-order valence-electron chi connectivity index (χ2n) is 10.5. The lowest BCUT2D eigenvalue weighted by Gasteiger charge is -2.26. The predicted octanol–water partition coefficient (Wildman–Crippen LogP) is 3.91. The zero-order valence-corrected chi connectivity index (χ0v) is 19.7. The zero-order chi connectivity index (χ0) is 23.0. The molecule has 0 aliphatic heterocycles. The van der Waals surface area contributed by atoms with Crippen LogP contribution in [-0.2, 0) is 28.6 Å². The Morgan fingerprint density at radius 3 is 1.28 bits per heavy atom. The summed E-state index contributed by atoms with van der Waals surface area (Å²) in [7, 11) is 0. The second-order valence-corrected chi connectivity index (χ2v) is 10.5. The van der Waals surface area contributed by atoms with Crippen LogP contribution < -0.4 is 5.73 Å². The molecule has 0 spiro atoms. The van der Waals surface area contributed by atoms with Crippen LogP contribution in [0.25, 0.3) is 0 Å². The van der Waals surface area contributed by atoms with Gasteiger partial charge in [0.2, 0.25) is 0 Å². The Balaban J connectivity index is 4.95. The number of ether oxygens (including phenoxy) is 3. The van der Waals surface area contributed by atoms with E-state index in [1.807, 2.05) is 0 Å². The fourth-order valence-corrected chi connectivity index (χ4v) is 2.71. The Hall–Kier alpha value is -1.63. The Bertz CT molecular complexity index is 519. The van der Waals surface area contributed by atoms with Crippen molar-refractivity contribution in [2.24, 2.45) is 11.7 Å². The van der Waals surface area contributed by atoms with Gasteiger partial charge >= 0.3 is 17.9 Å². The van der Waals surface area contributed by atoms with Crippen LogP contribution in [0, 0.1) is 5.92 Å². The maximum absolute atomic E-state index is 12.1. The Morgan fingerprint density at radius 1 is 0.655 bits per heavy atom. The molecule has 1 unspecified atom stereocenters. The van der Waals surface area contributed by atoms with Gasteiger partial charge in [-0.05, 0) is 81.1 Å². The standard InChI is InChI=1S/C22H41NO6/c1-20(2,3)27-17(24)12-10-15(11-13-18(25)28-21(4,5)6)16(23)14-19(26)29-22(7,8)9/h15-16H,10-14,23H2,1-9H3. The van der Waals surface area contributed by atoms with E-state index in [4.69, 9.17) is 19.9 Å². The molecule has 0 radical (unpaired) electrons.